The highest BCUT2D eigenvalue weighted by molar-refractivity contribution is 7.80. The zero-order chi connectivity index (χ0) is 50.6. The van der Waals surface area contributed by atoms with Gasteiger partial charge in [-0.1, -0.05) is 212 Å². The maximum absolute atomic E-state index is 7.09. The van der Waals surface area contributed by atoms with Crippen LogP contribution in [-0.2, 0) is 91.7 Å². The van der Waals surface area contributed by atoms with Gasteiger partial charge in [0.25, 0.3) is 0 Å². The SMILES string of the molecule is CO[C@H]1O[C@H](CO[C@H]2O[C@H](COCc3ccccc3)[C@@H](OCc3ccccc3)[C@H](OCc3ccccc3)[C@@H]2OC(=S)c2ccccc2)[C@@H](OCc2ccccc2)[C@H](OCc2ccccc2)[C@H]1OCc1ccccc1. The molecule has 0 N–H and O–H groups in total. The van der Waals surface area contributed by atoms with E-state index in [1.54, 1.807) is 7.11 Å². The lowest BCUT2D eigenvalue weighted by Gasteiger charge is -2.47. The summed E-state index contributed by atoms with van der Waals surface area (Å²) in [5.74, 6) is 0. The summed E-state index contributed by atoms with van der Waals surface area (Å²) in [4.78, 5) is 0. The van der Waals surface area contributed by atoms with Crippen molar-refractivity contribution in [3.63, 3.8) is 0 Å². The Morgan fingerprint density at radius 3 is 1.08 bits per heavy atom. The normalized spacial score (nSPS) is 23.7. The van der Waals surface area contributed by atoms with Crippen molar-refractivity contribution in [1.29, 1.82) is 0 Å². The van der Waals surface area contributed by atoms with E-state index >= 15 is 0 Å². The Morgan fingerprint density at radius 2 is 0.676 bits per heavy atom. The maximum atomic E-state index is 7.09. The summed E-state index contributed by atoms with van der Waals surface area (Å²) >= 11 is 6.07. The fourth-order valence-electron chi connectivity index (χ4n) is 9.09. The highest BCUT2D eigenvalue weighted by atomic mass is 32.1. The fourth-order valence-corrected chi connectivity index (χ4v) is 9.34. The Bertz CT molecular complexity index is 2660. The van der Waals surface area contributed by atoms with Gasteiger partial charge in [0.15, 0.2) is 23.7 Å². The average molecular weight is 1020 g/mol. The molecule has 9 rings (SSSR count). The van der Waals surface area contributed by atoms with Crippen LogP contribution < -0.4 is 0 Å². The zero-order valence-corrected chi connectivity index (χ0v) is 42.4. The van der Waals surface area contributed by atoms with Gasteiger partial charge in [0.1, 0.15) is 42.7 Å². The number of ether oxygens (including phenoxy) is 11. The van der Waals surface area contributed by atoms with E-state index in [0.29, 0.717) is 12.2 Å². The van der Waals surface area contributed by atoms with Crippen molar-refractivity contribution < 1.29 is 52.1 Å². The van der Waals surface area contributed by atoms with Crippen LogP contribution in [-0.4, -0.2) is 86.8 Å². The Morgan fingerprint density at radius 1 is 0.351 bits per heavy atom. The van der Waals surface area contributed by atoms with E-state index in [1.807, 2.05) is 212 Å². The van der Waals surface area contributed by atoms with E-state index in [4.69, 9.17) is 64.3 Å². The first-order valence-corrected chi connectivity index (χ1v) is 25.6. The second-order valence-corrected chi connectivity index (χ2v) is 18.6. The van der Waals surface area contributed by atoms with Crippen LogP contribution in [0.5, 0.6) is 0 Å². The van der Waals surface area contributed by atoms with Gasteiger partial charge in [-0.25, -0.2) is 0 Å². The molecule has 7 aromatic rings. The Kier molecular flexibility index (Phi) is 20.1. The highest BCUT2D eigenvalue weighted by Gasteiger charge is 2.53. The van der Waals surface area contributed by atoms with E-state index in [0.717, 1.165) is 33.4 Å². The van der Waals surface area contributed by atoms with Crippen LogP contribution in [0, 0.1) is 0 Å². The number of benzene rings is 7. The molecule has 2 saturated heterocycles. The summed E-state index contributed by atoms with van der Waals surface area (Å²) in [5, 5.41) is 0.243. The Balaban J connectivity index is 1.06. The van der Waals surface area contributed by atoms with Crippen molar-refractivity contribution >= 4 is 17.3 Å². The molecule has 12 heteroatoms. The van der Waals surface area contributed by atoms with Crippen LogP contribution >= 0.6 is 12.2 Å². The monoisotopic (exact) mass is 1020 g/mol. The van der Waals surface area contributed by atoms with Gasteiger partial charge in [0.2, 0.25) is 0 Å². The number of thiocarbonyl (C=S) groups is 1. The van der Waals surface area contributed by atoms with Crippen molar-refractivity contribution in [1.82, 2.24) is 0 Å². The summed E-state index contributed by atoms with van der Waals surface area (Å²) in [6.07, 6.45) is -8.11. The summed E-state index contributed by atoms with van der Waals surface area (Å²) in [6.45, 7) is 1.75. The van der Waals surface area contributed by atoms with Gasteiger partial charge < -0.3 is 52.1 Å². The van der Waals surface area contributed by atoms with Gasteiger partial charge in [-0.3, -0.25) is 0 Å². The molecular formula is C62H64O11S. The lowest BCUT2D eigenvalue weighted by atomic mass is 9.96. The predicted octanol–water partition coefficient (Wildman–Crippen LogP) is 11.0. The number of methoxy groups -OCH3 is 1. The molecule has 74 heavy (non-hydrogen) atoms. The molecule has 0 saturated carbocycles. The second kappa shape index (κ2) is 28.1. The van der Waals surface area contributed by atoms with E-state index in [2.05, 4.69) is 0 Å². The smallest absolute Gasteiger partial charge is 0.198 e. The maximum Gasteiger partial charge on any atom is 0.198 e. The summed E-state index contributed by atoms with van der Waals surface area (Å²) in [5.41, 5.74) is 6.62. The number of hydrogen-bond acceptors (Lipinski definition) is 12. The summed E-state index contributed by atoms with van der Waals surface area (Å²) in [6, 6.07) is 69.6. The highest BCUT2D eigenvalue weighted by Crippen LogP contribution is 2.35. The minimum absolute atomic E-state index is 0.0585. The quantitative estimate of drug-likeness (QED) is 0.0510. The molecular weight excluding hydrogens is 953 g/mol. The molecule has 2 fully saturated rings. The van der Waals surface area contributed by atoms with Crippen LogP contribution in [0.15, 0.2) is 212 Å². The summed E-state index contributed by atoms with van der Waals surface area (Å²) < 4.78 is 75.1. The standard InChI is InChI=1S/C62H64O11S/c1-63-60-58(69-42-50-33-19-7-20-34-50)56(67-40-48-29-15-5-16-30-48)55(66-39-47-27-13-4-14-28-47)53(71-60)44-70-61-59(73-62(74)51-35-21-8-22-36-51)57(68-41-49-31-17-6-18-32-49)54(65-38-46-25-11-3-12-26-46)52(72-61)43-64-37-45-23-9-2-10-24-45/h2-36,52-61H,37-44H2,1H3/t52-,53-,54-,55-,56+,57+,58-,59+,60+,61+/m1/s1. The van der Waals surface area contributed by atoms with Gasteiger partial charge in [-0.2, -0.15) is 0 Å². The molecule has 11 nitrogen and oxygen atoms in total. The van der Waals surface area contributed by atoms with Crippen molar-refractivity contribution in [2.75, 3.05) is 20.3 Å². The van der Waals surface area contributed by atoms with Crippen LogP contribution in [0.3, 0.4) is 0 Å². The van der Waals surface area contributed by atoms with E-state index < -0.39 is 61.4 Å². The summed E-state index contributed by atoms with van der Waals surface area (Å²) in [7, 11) is 1.60. The van der Waals surface area contributed by atoms with Gasteiger partial charge in [0.05, 0.1) is 52.9 Å². The lowest BCUT2D eigenvalue weighted by molar-refractivity contribution is -0.345. The van der Waals surface area contributed by atoms with Crippen molar-refractivity contribution in [2.24, 2.45) is 0 Å². The van der Waals surface area contributed by atoms with Crippen LogP contribution in [0.25, 0.3) is 0 Å². The topological polar surface area (TPSA) is 102 Å². The molecule has 0 bridgehead atoms. The van der Waals surface area contributed by atoms with Crippen molar-refractivity contribution in [2.45, 2.75) is 101 Å². The molecule has 384 valence electrons. The minimum Gasteiger partial charge on any atom is -0.471 e. The first-order chi connectivity index (χ1) is 36.6. The molecule has 0 amide bonds. The molecule has 0 aliphatic carbocycles. The molecule has 0 radical (unpaired) electrons. The van der Waals surface area contributed by atoms with Gasteiger partial charge in [-0.15, -0.1) is 0 Å². The van der Waals surface area contributed by atoms with E-state index in [1.165, 1.54) is 0 Å². The molecule has 0 aromatic heterocycles. The van der Waals surface area contributed by atoms with Crippen molar-refractivity contribution in [3.05, 3.63) is 251 Å². The Labute approximate surface area is 440 Å². The third kappa shape index (κ3) is 15.1. The first kappa shape index (κ1) is 52.9. The van der Waals surface area contributed by atoms with Gasteiger partial charge in [-0.05, 0) is 45.6 Å². The fraction of sp³-hybridized carbons (Fsp3) is 0.306. The zero-order valence-electron chi connectivity index (χ0n) is 41.5. The lowest BCUT2D eigenvalue weighted by Crippen LogP contribution is -2.64. The molecule has 0 unspecified atom stereocenters. The van der Waals surface area contributed by atoms with Crippen LogP contribution in [0.4, 0.5) is 0 Å². The predicted molar refractivity (Wildman–Crippen MR) is 284 cm³/mol. The first-order valence-electron chi connectivity index (χ1n) is 25.2. The molecule has 10 atom stereocenters. The largest absolute Gasteiger partial charge is 0.471 e. The van der Waals surface area contributed by atoms with Crippen LogP contribution in [0.1, 0.15) is 38.9 Å². The minimum atomic E-state index is -1.10. The molecule has 7 aromatic carbocycles. The third-order valence-electron chi connectivity index (χ3n) is 12.9. The molecule has 2 heterocycles. The van der Waals surface area contributed by atoms with Crippen LogP contribution in [0.2, 0.25) is 0 Å². The third-order valence-corrected chi connectivity index (χ3v) is 13.2. The van der Waals surface area contributed by atoms with Crippen molar-refractivity contribution in [3.8, 4) is 0 Å². The molecule has 2 aliphatic rings. The Hall–Kier alpha value is -5.97. The molecule has 0 spiro atoms. The second-order valence-electron chi connectivity index (χ2n) is 18.2. The molecule has 2 aliphatic heterocycles. The van der Waals surface area contributed by atoms with Gasteiger partial charge >= 0.3 is 0 Å². The van der Waals surface area contributed by atoms with E-state index in [9.17, 15) is 0 Å². The van der Waals surface area contributed by atoms with Gasteiger partial charge in [0, 0.05) is 12.7 Å². The number of rotatable bonds is 25. The average Bonchev–Trinajstić information content (AvgIpc) is 3.46. The number of hydrogen-bond donors (Lipinski definition) is 0. The van der Waals surface area contributed by atoms with E-state index in [-0.39, 0.29) is 51.3 Å².